The second-order valence-electron chi connectivity index (χ2n) is 11.7. The molecule has 2 heteroatoms. The average Bonchev–Trinajstić information content (AvgIpc) is 3.07. The van der Waals surface area contributed by atoms with Crippen molar-refractivity contribution in [1.82, 2.24) is 0 Å². The predicted molar refractivity (Wildman–Crippen MR) is 138 cm³/mol. The molecule has 1 N–H and O–H groups in total. The van der Waals surface area contributed by atoms with Crippen LogP contribution in [0.5, 0.6) is 5.75 Å². The van der Waals surface area contributed by atoms with E-state index >= 15 is 0 Å². The molecule has 0 aromatic heterocycles. The minimum Gasteiger partial charge on any atom is -0.497 e. The highest BCUT2D eigenvalue weighted by molar-refractivity contribution is 5.68. The normalized spacial score (nSPS) is 28.5. The van der Waals surface area contributed by atoms with Crippen molar-refractivity contribution < 1.29 is 4.74 Å². The Kier molecular flexibility index (Phi) is 4.94. The van der Waals surface area contributed by atoms with Crippen molar-refractivity contribution in [2.75, 3.05) is 12.4 Å². The van der Waals surface area contributed by atoms with E-state index in [9.17, 15) is 0 Å². The molecule has 1 saturated carbocycles. The maximum Gasteiger partial charge on any atom is 0.119 e. The van der Waals surface area contributed by atoms with Gasteiger partial charge in [0.25, 0.3) is 0 Å². The van der Waals surface area contributed by atoms with Crippen LogP contribution in [-0.4, -0.2) is 7.11 Å². The van der Waals surface area contributed by atoms with E-state index in [1.54, 1.807) is 7.11 Å². The van der Waals surface area contributed by atoms with Gasteiger partial charge in [-0.05, 0) is 70.5 Å². The van der Waals surface area contributed by atoms with Crippen molar-refractivity contribution in [2.24, 2.45) is 0 Å². The highest BCUT2D eigenvalue weighted by Crippen LogP contribution is 2.64. The molecule has 1 aliphatic heterocycles. The lowest BCUT2D eigenvalue weighted by Gasteiger charge is -2.54. The summed E-state index contributed by atoms with van der Waals surface area (Å²) in [5, 5.41) is 4.07. The van der Waals surface area contributed by atoms with E-state index in [1.807, 2.05) is 6.07 Å². The summed E-state index contributed by atoms with van der Waals surface area (Å²) in [5.74, 6) is 0.943. The predicted octanol–water partition coefficient (Wildman–Crippen LogP) is 7.71. The van der Waals surface area contributed by atoms with Crippen molar-refractivity contribution in [3.63, 3.8) is 0 Å². The topological polar surface area (TPSA) is 21.3 Å². The molecule has 172 valence electrons. The summed E-state index contributed by atoms with van der Waals surface area (Å²) < 4.78 is 5.59. The van der Waals surface area contributed by atoms with Crippen LogP contribution in [0.25, 0.3) is 0 Å². The Balaban J connectivity index is 1.69. The van der Waals surface area contributed by atoms with Gasteiger partial charge in [0.15, 0.2) is 0 Å². The second kappa shape index (κ2) is 7.38. The van der Waals surface area contributed by atoms with Crippen LogP contribution in [0.4, 0.5) is 5.69 Å². The molecule has 0 saturated heterocycles. The van der Waals surface area contributed by atoms with Gasteiger partial charge in [-0.3, -0.25) is 0 Å². The maximum atomic E-state index is 5.59. The van der Waals surface area contributed by atoms with Gasteiger partial charge in [0.2, 0.25) is 0 Å². The van der Waals surface area contributed by atoms with Crippen molar-refractivity contribution >= 4 is 5.69 Å². The number of hydrogen-bond donors (Lipinski definition) is 1. The molecule has 0 radical (unpaired) electrons. The average molecular weight is 440 g/mol. The van der Waals surface area contributed by atoms with Gasteiger partial charge in [-0.25, -0.2) is 0 Å². The Morgan fingerprint density at radius 3 is 2.24 bits per heavy atom. The zero-order chi connectivity index (χ0) is 23.5. The summed E-state index contributed by atoms with van der Waals surface area (Å²) in [4.78, 5) is 0. The number of benzene rings is 3. The lowest BCUT2D eigenvalue weighted by molar-refractivity contribution is 0.128. The summed E-state index contributed by atoms with van der Waals surface area (Å²) in [6, 6.07) is 27.0. The van der Waals surface area contributed by atoms with E-state index < -0.39 is 0 Å². The number of fused-ring (bicyclic) bond motifs is 3. The number of anilines is 1. The van der Waals surface area contributed by atoms with Gasteiger partial charge in [0.1, 0.15) is 5.75 Å². The molecule has 2 aliphatic rings. The van der Waals surface area contributed by atoms with Gasteiger partial charge in [-0.1, -0.05) is 89.2 Å². The number of rotatable bonds is 3. The standard InChI is InChI=1S/C31H37NO/c1-28(2,3)23-15-16-27-26(20-23)30(5)21-29(4,24-13-10-14-25(19-24)33-6)17-18-31(30,32-27)22-11-8-7-9-12-22/h7-16,19-20,32H,17-18,21H2,1-6H3/t29-,30-,31+/m1/s1. The molecule has 33 heavy (non-hydrogen) atoms. The molecule has 1 heterocycles. The van der Waals surface area contributed by atoms with E-state index in [0.717, 1.165) is 25.0 Å². The zero-order valence-corrected chi connectivity index (χ0v) is 21.0. The Bertz CT molecular complexity index is 1180. The quantitative estimate of drug-likeness (QED) is 0.451. The van der Waals surface area contributed by atoms with Gasteiger partial charge < -0.3 is 10.1 Å². The number of ether oxygens (including phenoxy) is 1. The highest BCUT2D eigenvalue weighted by Gasteiger charge is 2.61. The lowest BCUT2D eigenvalue weighted by atomic mass is 9.51. The fourth-order valence-electron chi connectivity index (χ4n) is 6.59. The third-order valence-corrected chi connectivity index (χ3v) is 8.60. The largest absolute Gasteiger partial charge is 0.497 e. The Labute approximate surface area is 199 Å². The molecule has 3 atom stereocenters. The fourth-order valence-corrected chi connectivity index (χ4v) is 6.59. The van der Waals surface area contributed by atoms with Crippen LogP contribution >= 0.6 is 0 Å². The first-order valence-electron chi connectivity index (χ1n) is 12.2. The first-order chi connectivity index (χ1) is 15.6. The van der Waals surface area contributed by atoms with Crippen LogP contribution in [0.2, 0.25) is 0 Å². The van der Waals surface area contributed by atoms with Crippen molar-refractivity contribution in [2.45, 2.75) is 75.7 Å². The summed E-state index contributed by atoms with van der Waals surface area (Å²) >= 11 is 0. The number of methoxy groups -OCH3 is 1. The van der Waals surface area contributed by atoms with Crippen LogP contribution in [0.3, 0.4) is 0 Å². The van der Waals surface area contributed by atoms with Crippen molar-refractivity contribution in [3.8, 4) is 5.75 Å². The van der Waals surface area contributed by atoms with Crippen molar-refractivity contribution in [1.29, 1.82) is 0 Å². The fraction of sp³-hybridized carbons (Fsp3) is 0.419. The van der Waals surface area contributed by atoms with E-state index in [-0.39, 0.29) is 21.8 Å². The molecule has 1 aliphatic carbocycles. The molecular formula is C31H37NO. The Morgan fingerprint density at radius 2 is 1.55 bits per heavy atom. The van der Waals surface area contributed by atoms with Gasteiger partial charge in [-0.2, -0.15) is 0 Å². The van der Waals surface area contributed by atoms with Gasteiger partial charge in [0.05, 0.1) is 12.6 Å². The minimum absolute atomic E-state index is 0.0407. The summed E-state index contributed by atoms with van der Waals surface area (Å²) in [6.07, 6.45) is 3.29. The van der Waals surface area contributed by atoms with Crippen LogP contribution in [0.15, 0.2) is 72.8 Å². The summed E-state index contributed by atoms with van der Waals surface area (Å²) in [6.45, 7) is 11.9. The molecule has 2 nitrogen and oxygen atoms in total. The monoisotopic (exact) mass is 439 g/mol. The van der Waals surface area contributed by atoms with Crippen LogP contribution in [0, 0.1) is 0 Å². The molecule has 0 spiro atoms. The molecule has 3 aromatic rings. The summed E-state index contributed by atoms with van der Waals surface area (Å²) in [5.41, 5.74) is 6.99. The summed E-state index contributed by atoms with van der Waals surface area (Å²) in [7, 11) is 1.76. The third-order valence-electron chi connectivity index (χ3n) is 8.60. The van der Waals surface area contributed by atoms with E-state index in [2.05, 4.69) is 107 Å². The Morgan fingerprint density at radius 1 is 0.818 bits per heavy atom. The first kappa shape index (κ1) is 22.1. The van der Waals surface area contributed by atoms with Gasteiger partial charge in [-0.15, -0.1) is 0 Å². The number of nitrogens with one attached hydrogen (secondary N) is 1. The smallest absolute Gasteiger partial charge is 0.119 e. The zero-order valence-electron chi connectivity index (χ0n) is 21.0. The van der Waals surface area contributed by atoms with Crippen LogP contribution in [0.1, 0.15) is 76.1 Å². The first-order valence-corrected chi connectivity index (χ1v) is 12.2. The van der Waals surface area contributed by atoms with Crippen LogP contribution < -0.4 is 10.1 Å². The molecule has 1 fully saturated rings. The minimum atomic E-state index is -0.106. The third kappa shape index (κ3) is 3.29. The maximum absolute atomic E-state index is 5.59. The van der Waals surface area contributed by atoms with Gasteiger partial charge >= 0.3 is 0 Å². The molecule has 3 aromatic carbocycles. The highest BCUT2D eigenvalue weighted by atomic mass is 16.5. The Hall–Kier alpha value is -2.74. The molecule has 0 unspecified atom stereocenters. The molecular weight excluding hydrogens is 402 g/mol. The number of hydrogen-bond acceptors (Lipinski definition) is 2. The van der Waals surface area contributed by atoms with E-state index in [0.29, 0.717) is 0 Å². The van der Waals surface area contributed by atoms with Crippen molar-refractivity contribution in [3.05, 3.63) is 95.1 Å². The molecule has 5 rings (SSSR count). The SMILES string of the molecule is COc1cccc([C@]2(C)CC[C@@]3(c4ccccc4)Nc4ccc(C(C)(C)C)cc4[C@@]3(C)C2)c1. The lowest BCUT2D eigenvalue weighted by Crippen LogP contribution is -2.55. The van der Waals surface area contributed by atoms with Gasteiger partial charge in [0, 0.05) is 11.1 Å². The molecule has 0 amide bonds. The molecule has 0 bridgehead atoms. The van der Waals surface area contributed by atoms with E-state index in [4.69, 9.17) is 4.74 Å². The van der Waals surface area contributed by atoms with E-state index in [1.165, 1.54) is 27.9 Å². The van der Waals surface area contributed by atoms with Crippen LogP contribution in [-0.2, 0) is 21.8 Å². The second-order valence-corrected chi connectivity index (χ2v) is 11.7.